The van der Waals surface area contributed by atoms with Crippen LogP contribution >= 0.6 is 11.3 Å². The molecule has 2 aromatic rings. The van der Waals surface area contributed by atoms with Gasteiger partial charge in [0.1, 0.15) is 10.7 Å². The third-order valence-electron chi connectivity index (χ3n) is 2.57. The van der Waals surface area contributed by atoms with Crippen molar-refractivity contribution in [1.29, 1.82) is 0 Å². The highest BCUT2D eigenvalue weighted by Gasteiger charge is 2.19. The van der Waals surface area contributed by atoms with E-state index >= 15 is 0 Å². The smallest absolute Gasteiger partial charge is 0.145 e. The van der Waals surface area contributed by atoms with E-state index < -0.39 is 0 Å². The van der Waals surface area contributed by atoms with E-state index in [-0.39, 0.29) is 0 Å². The maximum atomic E-state index is 4.57. The fourth-order valence-corrected chi connectivity index (χ4v) is 2.63. The van der Waals surface area contributed by atoms with E-state index in [4.69, 9.17) is 0 Å². The molecule has 15 heavy (non-hydrogen) atoms. The fourth-order valence-electron chi connectivity index (χ4n) is 1.81. The van der Waals surface area contributed by atoms with Crippen molar-refractivity contribution in [2.24, 2.45) is 0 Å². The lowest BCUT2D eigenvalue weighted by Crippen LogP contribution is -2.12. The zero-order chi connectivity index (χ0) is 10.1. The van der Waals surface area contributed by atoms with Gasteiger partial charge in [0, 0.05) is 5.38 Å². The van der Waals surface area contributed by atoms with Crippen LogP contribution in [0.1, 0.15) is 24.6 Å². The molecule has 1 aliphatic heterocycles. The molecule has 0 unspecified atom stereocenters. The predicted octanol–water partition coefficient (Wildman–Crippen LogP) is 1.35. The largest absolute Gasteiger partial charge is 0.309 e. The number of nitrogens with zero attached hydrogens (tertiary/aromatic N) is 3. The van der Waals surface area contributed by atoms with Gasteiger partial charge >= 0.3 is 0 Å². The Balaban J connectivity index is 1.87. The number of aromatic amines is 1. The first-order chi connectivity index (χ1) is 7.43. The first kappa shape index (κ1) is 8.99. The molecule has 3 heterocycles. The summed E-state index contributed by atoms with van der Waals surface area (Å²) in [6, 6.07) is 0.432. The van der Waals surface area contributed by atoms with Gasteiger partial charge in [-0.3, -0.25) is 0 Å². The summed E-state index contributed by atoms with van der Waals surface area (Å²) >= 11 is 1.62. The number of aromatic nitrogens is 4. The number of H-pyrrole nitrogens is 1. The van der Waals surface area contributed by atoms with Crippen molar-refractivity contribution in [2.45, 2.75) is 18.9 Å². The van der Waals surface area contributed by atoms with Gasteiger partial charge in [-0.25, -0.2) is 4.98 Å². The third-order valence-corrected chi connectivity index (χ3v) is 3.46. The van der Waals surface area contributed by atoms with E-state index in [0.717, 1.165) is 22.9 Å². The van der Waals surface area contributed by atoms with Crippen LogP contribution in [0.15, 0.2) is 11.6 Å². The predicted molar refractivity (Wildman–Crippen MR) is 57.5 cm³/mol. The molecular formula is C9H11N5S. The van der Waals surface area contributed by atoms with Crippen molar-refractivity contribution < 1.29 is 0 Å². The highest BCUT2D eigenvalue weighted by Crippen LogP contribution is 2.28. The standard InChI is InChI=1S/C9H11N5S/c1-2-6(10-3-1)8-5-15-9(12-8)7-4-11-14-13-7/h4-6,10H,1-3H2,(H,11,13,14)/t6-/m1/s1. The van der Waals surface area contributed by atoms with Gasteiger partial charge in [-0.15, -0.1) is 11.3 Å². The molecule has 1 saturated heterocycles. The first-order valence-electron chi connectivity index (χ1n) is 4.98. The Morgan fingerprint density at radius 1 is 1.47 bits per heavy atom. The molecule has 5 nitrogen and oxygen atoms in total. The lowest BCUT2D eigenvalue weighted by molar-refractivity contribution is 0.632. The number of rotatable bonds is 2. The van der Waals surface area contributed by atoms with Crippen LogP contribution < -0.4 is 5.32 Å². The Hall–Kier alpha value is -1.27. The second-order valence-electron chi connectivity index (χ2n) is 3.58. The van der Waals surface area contributed by atoms with Crippen LogP contribution in [-0.2, 0) is 0 Å². The van der Waals surface area contributed by atoms with Gasteiger partial charge in [0.25, 0.3) is 0 Å². The molecular weight excluding hydrogens is 210 g/mol. The molecule has 0 aromatic carbocycles. The summed E-state index contributed by atoms with van der Waals surface area (Å²) in [5.41, 5.74) is 1.96. The minimum atomic E-state index is 0.432. The second kappa shape index (κ2) is 3.71. The van der Waals surface area contributed by atoms with E-state index in [1.165, 1.54) is 12.8 Å². The van der Waals surface area contributed by atoms with Gasteiger partial charge in [-0.1, -0.05) is 0 Å². The van der Waals surface area contributed by atoms with Crippen LogP contribution in [0.4, 0.5) is 0 Å². The van der Waals surface area contributed by atoms with Gasteiger partial charge in [-0.2, -0.15) is 15.4 Å². The van der Waals surface area contributed by atoms with E-state index in [0.29, 0.717) is 6.04 Å². The van der Waals surface area contributed by atoms with Crippen LogP contribution in [0.2, 0.25) is 0 Å². The molecule has 3 rings (SSSR count). The number of thiazole rings is 1. The molecule has 2 aromatic heterocycles. The normalized spacial score (nSPS) is 20.9. The van der Waals surface area contributed by atoms with Gasteiger partial charge < -0.3 is 5.32 Å². The van der Waals surface area contributed by atoms with Crippen molar-refractivity contribution in [3.05, 3.63) is 17.3 Å². The molecule has 0 bridgehead atoms. The second-order valence-corrected chi connectivity index (χ2v) is 4.44. The van der Waals surface area contributed by atoms with Crippen LogP contribution in [0.25, 0.3) is 10.7 Å². The maximum Gasteiger partial charge on any atom is 0.145 e. The highest BCUT2D eigenvalue weighted by molar-refractivity contribution is 7.13. The maximum absolute atomic E-state index is 4.57. The van der Waals surface area contributed by atoms with Crippen molar-refractivity contribution >= 4 is 11.3 Å². The summed E-state index contributed by atoms with van der Waals surface area (Å²) in [4.78, 5) is 4.57. The van der Waals surface area contributed by atoms with Crippen LogP contribution in [0, 0.1) is 0 Å². The summed E-state index contributed by atoms with van der Waals surface area (Å²) in [5, 5.41) is 16.9. The van der Waals surface area contributed by atoms with Crippen molar-refractivity contribution in [2.75, 3.05) is 6.54 Å². The average Bonchev–Trinajstić information content (AvgIpc) is 3.02. The van der Waals surface area contributed by atoms with E-state index in [1.54, 1.807) is 17.5 Å². The van der Waals surface area contributed by atoms with Crippen molar-refractivity contribution in [3.8, 4) is 10.7 Å². The molecule has 0 spiro atoms. The molecule has 6 heteroatoms. The number of nitrogens with one attached hydrogen (secondary N) is 2. The molecule has 0 amide bonds. The first-order valence-corrected chi connectivity index (χ1v) is 5.86. The average molecular weight is 221 g/mol. The van der Waals surface area contributed by atoms with E-state index in [1.807, 2.05) is 0 Å². The van der Waals surface area contributed by atoms with Crippen LogP contribution in [0.5, 0.6) is 0 Å². The molecule has 0 aliphatic carbocycles. The van der Waals surface area contributed by atoms with Gasteiger partial charge in [-0.05, 0) is 19.4 Å². The third kappa shape index (κ3) is 1.66. The Morgan fingerprint density at radius 2 is 2.47 bits per heavy atom. The minimum Gasteiger partial charge on any atom is -0.309 e. The van der Waals surface area contributed by atoms with Gasteiger partial charge in [0.05, 0.1) is 17.9 Å². The van der Waals surface area contributed by atoms with Crippen LogP contribution in [-0.4, -0.2) is 26.9 Å². The van der Waals surface area contributed by atoms with Gasteiger partial charge in [0.15, 0.2) is 0 Å². The Morgan fingerprint density at radius 3 is 3.20 bits per heavy atom. The van der Waals surface area contributed by atoms with E-state index in [9.17, 15) is 0 Å². The zero-order valence-corrected chi connectivity index (χ0v) is 8.92. The molecule has 78 valence electrons. The fraction of sp³-hybridized carbons (Fsp3) is 0.444. The minimum absolute atomic E-state index is 0.432. The SMILES string of the molecule is c1n[nH]nc1-c1nc([C@H]2CCCN2)cs1. The summed E-state index contributed by atoms with van der Waals surface area (Å²) in [7, 11) is 0. The monoisotopic (exact) mass is 221 g/mol. The Bertz CT molecular complexity index is 429. The summed E-state index contributed by atoms with van der Waals surface area (Å²) in [6.07, 6.45) is 4.12. The lowest BCUT2D eigenvalue weighted by atomic mass is 10.2. The highest BCUT2D eigenvalue weighted by atomic mass is 32.1. The molecule has 1 aliphatic rings. The van der Waals surface area contributed by atoms with Crippen LogP contribution in [0.3, 0.4) is 0 Å². The quantitative estimate of drug-likeness (QED) is 0.803. The molecule has 0 radical (unpaired) electrons. The Kier molecular flexibility index (Phi) is 2.22. The number of hydrogen-bond acceptors (Lipinski definition) is 5. The topological polar surface area (TPSA) is 66.5 Å². The molecule has 1 atom stereocenters. The lowest BCUT2D eigenvalue weighted by Gasteiger charge is -2.04. The molecule has 2 N–H and O–H groups in total. The van der Waals surface area contributed by atoms with Gasteiger partial charge in [0.2, 0.25) is 0 Å². The van der Waals surface area contributed by atoms with E-state index in [2.05, 4.69) is 31.1 Å². The number of hydrogen-bond donors (Lipinski definition) is 2. The molecule has 0 saturated carbocycles. The summed E-state index contributed by atoms with van der Waals surface area (Å²) in [6.45, 7) is 1.10. The summed E-state index contributed by atoms with van der Waals surface area (Å²) < 4.78 is 0. The zero-order valence-electron chi connectivity index (χ0n) is 8.10. The Labute approximate surface area is 90.9 Å². The van der Waals surface area contributed by atoms with Crippen molar-refractivity contribution in [1.82, 2.24) is 25.7 Å². The van der Waals surface area contributed by atoms with Crippen molar-refractivity contribution in [3.63, 3.8) is 0 Å². The summed E-state index contributed by atoms with van der Waals surface area (Å²) in [5.74, 6) is 0. The molecule has 1 fully saturated rings.